The summed E-state index contributed by atoms with van der Waals surface area (Å²) < 4.78 is 0. The Labute approximate surface area is 336 Å². The molecule has 3 heteroatoms. The van der Waals surface area contributed by atoms with E-state index < -0.39 is 0 Å². The van der Waals surface area contributed by atoms with Crippen molar-refractivity contribution in [2.75, 3.05) is 6.67 Å². The molecule has 0 fully saturated rings. The fourth-order valence-electron chi connectivity index (χ4n) is 7.75. The van der Waals surface area contributed by atoms with Gasteiger partial charge in [-0.25, -0.2) is 0 Å². The lowest BCUT2D eigenvalue weighted by Crippen LogP contribution is -2.22. The van der Waals surface area contributed by atoms with Crippen LogP contribution in [0.4, 0.5) is 0 Å². The minimum Gasteiger partial charge on any atom is -0.312 e. The molecule has 3 N–H and O–H groups in total. The van der Waals surface area contributed by atoms with E-state index in [0.29, 0.717) is 6.54 Å². The van der Waals surface area contributed by atoms with Crippen molar-refractivity contribution in [2.45, 2.75) is 12.6 Å². The van der Waals surface area contributed by atoms with Gasteiger partial charge < -0.3 is 11.1 Å². The van der Waals surface area contributed by atoms with Crippen LogP contribution in [0.25, 0.3) is 45.0 Å². The molecule has 8 rings (SSSR count). The van der Waals surface area contributed by atoms with Crippen LogP contribution in [-0.2, 0) is 6.54 Å². The topological polar surface area (TPSA) is 50.4 Å². The van der Waals surface area contributed by atoms with Gasteiger partial charge in [-0.2, -0.15) is 0 Å². The van der Waals surface area contributed by atoms with Crippen molar-refractivity contribution in [1.82, 2.24) is 5.32 Å². The molecule has 1 unspecified atom stereocenters. The van der Waals surface area contributed by atoms with E-state index in [1.165, 1.54) is 33.4 Å². The zero-order chi connectivity index (χ0) is 38.8. The molecule has 0 amide bonds. The number of benzene rings is 7. The van der Waals surface area contributed by atoms with Gasteiger partial charge in [0.05, 0.1) is 18.4 Å². The Morgan fingerprint density at radius 1 is 0.579 bits per heavy atom. The second-order valence-electron chi connectivity index (χ2n) is 14.1. The fraction of sp³-hybridized carbons (Fsp3) is 0.0556. The lowest BCUT2D eigenvalue weighted by atomic mass is 9.83. The summed E-state index contributed by atoms with van der Waals surface area (Å²) >= 11 is 0. The van der Waals surface area contributed by atoms with Gasteiger partial charge in [0.15, 0.2) is 0 Å². The third-order valence-corrected chi connectivity index (χ3v) is 10.5. The highest BCUT2D eigenvalue weighted by molar-refractivity contribution is 6.18. The van der Waals surface area contributed by atoms with E-state index in [1.807, 2.05) is 18.2 Å². The van der Waals surface area contributed by atoms with Gasteiger partial charge in [-0.05, 0) is 96.6 Å². The number of aliphatic imine (C=N–C) groups is 1. The van der Waals surface area contributed by atoms with E-state index in [1.54, 1.807) is 0 Å². The SMILES string of the molecule is C=Cc1cccc(-c2cccc(C(NCc3ccc(-c4ccccc4/C(=C4/C=CC=C/C4=N/CN)c4ccccc4)c(-c4ccccc4)c3)c3ccccc3)c2)c1. The molecule has 0 bridgehead atoms. The Kier molecular flexibility index (Phi) is 11.5. The van der Waals surface area contributed by atoms with Crippen molar-refractivity contribution in [2.24, 2.45) is 10.7 Å². The molecule has 0 aliphatic heterocycles. The van der Waals surface area contributed by atoms with E-state index in [0.717, 1.165) is 50.2 Å². The average Bonchev–Trinajstić information content (AvgIpc) is 3.28. The van der Waals surface area contributed by atoms with E-state index in [9.17, 15) is 0 Å². The summed E-state index contributed by atoms with van der Waals surface area (Å²) in [6, 6.07) is 65.1. The van der Waals surface area contributed by atoms with Crippen molar-refractivity contribution >= 4 is 17.4 Å². The summed E-state index contributed by atoms with van der Waals surface area (Å²) in [6.07, 6.45) is 10.2. The average molecular weight is 736 g/mol. The smallest absolute Gasteiger partial charge is 0.0866 e. The van der Waals surface area contributed by atoms with Crippen LogP contribution in [0.15, 0.2) is 223 Å². The first-order chi connectivity index (χ1) is 28.2. The number of rotatable bonds is 12. The number of hydrogen-bond donors (Lipinski definition) is 2. The van der Waals surface area contributed by atoms with Gasteiger partial charge in [0, 0.05) is 12.1 Å². The number of hydrogen-bond acceptors (Lipinski definition) is 3. The predicted octanol–water partition coefficient (Wildman–Crippen LogP) is 12.5. The Morgan fingerprint density at radius 2 is 1.23 bits per heavy atom. The predicted molar refractivity (Wildman–Crippen MR) is 242 cm³/mol. The molecule has 57 heavy (non-hydrogen) atoms. The minimum absolute atomic E-state index is 0.0173. The van der Waals surface area contributed by atoms with Crippen LogP contribution in [-0.4, -0.2) is 12.4 Å². The summed E-state index contributed by atoms with van der Waals surface area (Å²) in [4.78, 5) is 4.71. The molecule has 0 saturated heterocycles. The molecule has 1 aliphatic carbocycles. The van der Waals surface area contributed by atoms with Crippen molar-refractivity contribution in [3.63, 3.8) is 0 Å². The summed E-state index contributed by atoms with van der Waals surface area (Å²) in [5, 5.41) is 3.96. The third-order valence-electron chi connectivity index (χ3n) is 10.5. The second kappa shape index (κ2) is 17.7. The molecular weight excluding hydrogens is 691 g/mol. The van der Waals surface area contributed by atoms with Gasteiger partial charge in [0.2, 0.25) is 0 Å². The molecule has 0 heterocycles. The van der Waals surface area contributed by atoms with Gasteiger partial charge in [-0.15, -0.1) is 0 Å². The first-order valence-electron chi connectivity index (χ1n) is 19.5. The molecule has 0 spiro atoms. The highest BCUT2D eigenvalue weighted by atomic mass is 14.9. The molecule has 7 aromatic carbocycles. The molecule has 3 nitrogen and oxygen atoms in total. The maximum Gasteiger partial charge on any atom is 0.0866 e. The van der Waals surface area contributed by atoms with Crippen LogP contribution in [0.5, 0.6) is 0 Å². The van der Waals surface area contributed by atoms with E-state index in [-0.39, 0.29) is 12.7 Å². The van der Waals surface area contributed by atoms with Crippen molar-refractivity contribution in [1.29, 1.82) is 0 Å². The highest BCUT2D eigenvalue weighted by Gasteiger charge is 2.21. The zero-order valence-corrected chi connectivity index (χ0v) is 31.9. The lowest BCUT2D eigenvalue weighted by Gasteiger charge is -2.23. The Balaban J connectivity index is 1.21. The van der Waals surface area contributed by atoms with E-state index in [2.05, 4.69) is 206 Å². The van der Waals surface area contributed by atoms with Gasteiger partial charge in [-0.3, -0.25) is 4.99 Å². The summed E-state index contributed by atoms with van der Waals surface area (Å²) in [5.74, 6) is 0. The number of allylic oxidation sites excluding steroid dienone is 5. The Hall–Kier alpha value is -6.91. The number of nitrogens with one attached hydrogen (secondary N) is 1. The summed E-state index contributed by atoms with van der Waals surface area (Å²) in [5.41, 5.74) is 23.0. The normalized spacial score (nSPS) is 14.4. The maximum atomic E-state index is 5.99. The second-order valence-corrected chi connectivity index (χ2v) is 14.1. The molecule has 1 atom stereocenters. The van der Waals surface area contributed by atoms with Crippen LogP contribution in [0.3, 0.4) is 0 Å². The van der Waals surface area contributed by atoms with E-state index in [4.69, 9.17) is 10.7 Å². The zero-order valence-electron chi connectivity index (χ0n) is 31.9. The first kappa shape index (κ1) is 37.0. The molecule has 0 saturated carbocycles. The van der Waals surface area contributed by atoms with Crippen LogP contribution < -0.4 is 11.1 Å². The van der Waals surface area contributed by atoms with Crippen molar-refractivity contribution < 1.29 is 0 Å². The monoisotopic (exact) mass is 735 g/mol. The quantitative estimate of drug-likeness (QED) is 0.131. The number of nitrogens with zero attached hydrogens (tertiary/aromatic N) is 1. The molecular formula is C54H45N3. The van der Waals surface area contributed by atoms with Gasteiger partial charge in [0.25, 0.3) is 0 Å². The van der Waals surface area contributed by atoms with Crippen molar-refractivity contribution in [3.05, 3.63) is 252 Å². The minimum atomic E-state index is -0.0173. The maximum absolute atomic E-state index is 5.99. The molecule has 276 valence electrons. The first-order valence-corrected chi connectivity index (χ1v) is 19.5. The summed E-state index contributed by atoms with van der Waals surface area (Å²) in [7, 11) is 0. The largest absolute Gasteiger partial charge is 0.312 e. The van der Waals surface area contributed by atoms with Gasteiger partial charge >= 0.3 is 0 Å². The van der Waals surface area contributed by atoms with Crippen LogP contribution in [0.1, 0.15) is 39.4 Å². The standard InChI is InChI=1S/C54H45N3/c1-2-39-18-16-25-44(34-39)45-26-17-27-46(36-45)54(43-23-10-5-11-24-43)56-37-40-32-33-48(51(35-40)41-19-6-3-7-20-41)47-28-12-13-29-49(47)53(42-21-8-4-9-22-42)50-30-14-15-31-52(50)57-38-55/h2-36,54,56H,1,37-38,55H2/b53-50-,57-52-. The molecule has 0 aromatic heterocycles. The van der Waals surface area contributed by atoms with Crippen LogP contribution in [0, 0.1) is 0 Å². The Bertz CT molecular complexity index is 2610. The van der Waals surface area contributed by atoms with Gasteiger partial charge in [0.1, 0.15) is 0 Å². The van der Waals surface area contributed by atoms with Crippen LogP contribution in [0.2, 0.25) is 0 Å². The summed E-state index contributed by atoms with van der Waals surface area (Å²) in [6.45, 7) is 4.87. The highest BCUT2D eigenvalue weighted by Crippen LogP contribution is 2.41. The molecule has 1 aliphatic rings. The number of nitrogens with two attached hydrogens (primary N) is 1. The lowest BCUT2D eigenvalue weighted by molar-refractivity contribution is 0.605. The van der Waals surface area contributed by atoms with E-state index >= 15 is 0 Å². The fourth-order valence-corrected chi connectivity index (χ4v) is 7.75. The third kappa shape index (κ3) is 8.36. The van der Waals surface area contributed by atoms with Crippen LogP contribution >= 0.6 is 0 Å². The molecule has 7 aromatic rings. The van der Waals surface area contributed by atoms with Crippen molar-refractivity contribution in [3.8, 4) is 33.4 Å². The molecule has 0 radical (unpaired) electrons. The Morgan fingerprint density at radius 3 is 2.00 bits per heavy atom. The van der Waals surface area contributed by atoms with Gasteiger partial charge in [-0.1, -0.05) is 195 Å².